The summed E-state index contributed by atoms with van der Waals surface area (Å²) in [6.45, 7) is 0.0991. The fraction of sp³-hybridized carbons (Fsp3) is 0.176. The first kappa shape index (κ1) is 15.5. The first-order chi connectivity index (χ1) is 10.6. The number of nitriles is 1. The molecule has 0 aliphatic rings. The van der Waals surface area contributed by atoms with E-state index < -0.39 is 11.9 Å². The molecule has 5 heteroatoms. The van der Waals surface area contributed by atoms with Crippen molar-refractivity contribution < 1.29 is 9.90 Å². The monoisotopic (exact) mass is 295 g/mol. The summed E-state index contributed by atoms with van der Waals surface area (Å²) < 4.78 is 0. The second kappa shape index (κ2) is 7.25. The molecule has 2 aromatic rings. The number of carbonyl (C=O) groups excluding carboxylic acids is 1. The molecule has 0 spiro atoms. The summed E-state index contributed by atoms with van der Waals surface area (Å²) in [7, 11) is 0. The minimum atomic E-state index is -0.670. The molecule has 0 aromatic heterocycles. The molecule has 112 valence electrons. The molecular formula is C17H17N3O2. The third-order valence-corrected chi connectivity index (χ3v) is 3.32. The third kappa shape index (κ3) is 3.84. The van der Waals surface area contributed by atoms with Gasteiger partial charge < -0.3 is 16.2 Å². The third-order valence-electron chi connectivity index (χ3n) is 3.32. The quantitative estimate of drug-likeness (QED) is 0.755. The second-order valence-corrected chi connectivity index (χ2v) is 4.88. The van der Waals surface area contributed by atoms with E-state index in [0.717, 1.165) is 11.3 Å². The molecule has 0 aliphatic heterocycles. The summed E-state index contributed by atoms with van der Waals surface area (Å²) >= 11 is 0. The number of benzene rings is 2. The molecular weight excluding hydrogens is 278 g/mol. The zero-order chi connectivity index (χ0) is 15.9. The molecule has 1 unspecified atom stereocenters. The number of nitrogens with zero attached hydrogens (tertiary/aromatic N) is 1. The SMILES string of the molecule is N#Cc1ccc(C(Nc2ccc(CCO)cc2)C(N)=O)cc1. The van der Waals surface area contributed by atoms with Crippen molar-refractivity contribution in [1.29, 1.82) is 5.26 Å². The Hall–Kier alpha value is -2.84. The van der Waals surface area contributed by atoms with E-state index in [1.54, 1.807) is 24.3 Å². The lowest BCUT2D eigenvalue weighted by Gasteiger charge is -2.17. The number of nitrogens with two attached hydrogens (primary N) is 1. The minimum absolute atomic E-state index is 0.0991. The van der Waals surface area contributed by atoms with Gasteiger partial charge in [-0.05, 0) is 41.8 Å². The Morgan fingerprint density at radius 2 is 1.82 bits per heavy atom. The highest BCUT2D eigenvalue weighted by Gasteiger charge is 2.17. The Labute approximate surface area is 129 Å². The highest BCUT2D eigenvalue weighted by atomic mass is 16.2. The van der Waals surface area contributed by atoms with Crippen LogP contribution in [0.1, 0.15) is 22.7 Å². The average Bonchev–Trinajstić information content (AvgIpc) is 2.54. The van der Waals surface area contributed by atoms with E-state index in [9.17, 15) is 4.79 Å². The highest BCUT2D eigenvalue weighted by molar-refractivity contribution is 5.84. The van der Waals surface area contributed by atoms with Gasteiger partial charge >= 0.3 is 0 Å². The van der Waals surface area contributed by atoms with Crippen LogP contribution in [0.5, 0.6) is 0 Å². The maximum atomic E-state index is 11.7. The fourth-order valence-electron chi connectivity index (χ4n) is 2.13. The number of rotatable bonds is 6. The number of aliphatic hydroxyl groups is 1. The van der Waals surface area contributed by atoms with Crippen LogP contribution in [-0.4, -0.2) is 17.6 Å². The van der Waals surface area contributed by atoms with Crippen LogP contribution in [0, 0.1) is 11.3 Å². The number of hydrogen-bond acceptors (Lipinski definition) is 4. The van der Waals surface area contributed by atoms with Crippen molar-refractivity contribution in [1.82, 2.24) is 0 Å². The van der Waals surface area contributed by atoms with Gasteiger partial charge in [-0.2, -0.15) is 5.26 Å². The minimum Gasteiger partial charge on any atom is -0.396 e. The van der Waals surface area contributed by atoms with Crippen LogP contribution in [0.4, 0.5) is 5.69 Å². The molecule has 0 aliphatic carbocycles. The normalized spacial score (nSPS) is 11.5. The van der Waals surface area contributed by atoms with Crippen LogP contribution in [0.25, 0.3) is 0 Å². The summed E-state index contributed by atoms with van der Waals surface area (Å²) in [6.07, 6.45) is 0.592. The van der Waals surface area contributed by atoms with E-state index in [0.29, 0.717) is 17.5 Å². The standard InChI is InChI=1S/C17H17N3O2/c18-11-13-1-5-14(6-2-13)16(17(19)22)20-15-7-3-12(4-8-15)9-10-21/h1-8,16,20-21H,9-10H2,(H2,19,22). The van der Waals surface area contributed by atoms with Crippen LogP contribution in [0.3, 0.4) is 0 Å². The van der Waals surface area contributed by atoms with Crippen molar-refractivity contribution in [3.8, 4) is 6.07 Å². The topological polar surface area (TPSA) is 99.1 Å². The van der Waals surface area contributed by atoms with E-state index in [1.165, 1.54) is 0 Å². The predicted octanol–water partition coefficient (Wildman–Crippen LogP) is 1.73. The first-order valence-corrected chi connectivity index (χ1v) is 6.89. The van der Waals surface area contributed by atoms with Crippen LogP contribution >= 0.6 is 0 Å². The number of primary amides is 1. The molecule has 0 heterocycles. The molecule has 1 atom stereocenters. The molecule has 0 bridgehead atoms. The Morgan fingerprint density at radius 3 is 2.32 bits per heavy atom. The maximum Gasteiger partial charge on any atom is 0.244 e. The van der Waals surface area contributed by atoms with Gasteiger partial charge in [0.05, 0.1) is 11.6 Å². The molecule has 4 N–H and O–H groups in total. The van der Waals surface area contributed by atoms with Crippen molar-refractivity contribution in [2.24, 2.45) is 5.73 Å². The molecule has 1 amide bonds. The van der Waals surface area contributed by atoms with Gasteiger partial charge in [0.15, 0.2) is 0 Å². The summed E-state index contributed by atoms with van der Waals surface area (Å²) in [5.74, 6) is -0.496. The Balaban J connectivity index is 2.17. The summed E-state index contributed by atoms with van der Waals surface area (Å²) in [5.41, 5.74) is 8.47. The number of nitrogens with one attached hydrogen (secondary N) is 1. The lowest BCUT2D eigenvalue weighted by Crippen LogP contribution is -2.27. The second-order valence-electron chi connectivity index (χ2n) is 4.88. The van der Waals surface area contributed by atoms with Gasteiger partial charge in [0.2, 0.25) is 5.91 Å². The lowest BCUT2D eigenvalue weighted by molar-refractivity contribution is -0.118. The highest BCUT2D eigenvalue weighted by Crippen LogP contribution is 2.20. The molecule has 22 heavy (non-hydrogen) atoms. The van der Waals surface area contributed by atoms with Crippen molar-refractivity contribution in [2.45, 2.75) is 12.5 Å². The smallest absolute Gasteiger partial charge is 0.244 e. The zero-order valence-corrected chi connectivity index (χ0v) is 12.0. The van der Waals surface area contributed by atoms with Gasteiger partial charge in [-0.1, -0.05) is 24.3 Å². The Bertz CT molecular complexity index is 673. The molecule has 0 saturated heterocycles. The van der Waals surface area contributed by atoms with Gasteiger partial charge in [-0.3, -0.25) is 4.79 Å². The Kier molecular flexibility index (Phi) is 5.12. The van der Waals surface area contributed by atoms with Crippen LogP contribution in [0.15, 0.2) is 48.5 Å². The van der Waals surface area contributed by atoms with Crippen molar-refractivity contribution in [3.05, 3.63) is 65.2 Å². The molecule has 5 nitrogen and oxygen atoms in total. The number of aliphatic hydroxyl groups excluding tert-OH is 1. The molecule has 0 fully saturated rings. The van der Waals surface area contributed by atoms with E-state index in [-0.39, 0.29) is 6.61 Å². The van der Waals surface area contributed by atoms with Crippen LogP contribution in [0.2, 0.25) is 0 Å². The summed E-state index contributed by atoms with van der Waals surface area (Å²) in [6, 6.07) is 15.5. The van der Waals surface area contributed by atoms with E-state index in [4.69, 9.17) is 16.1 Å². The molecule has 2 rings (SSSR count). The van der Waals surface area contributed by atoms with Gasteiger partial charge in [0.1, 0.15) is 6.04 Å². The van der Waals surface area contributed by atoms with E-state index in [1.807, 2.05) is 30.3 Å². The first-order valence-electron chi connectivity index (χ1n) is 6.89. The van der Waals surface area contributed by atoms with E-state index >= 15 is 0 Å². The van der Waals surface area contributed by atoms with E-state index in [2.05, 4.69) is 5.32 Å². The Morgan fingerprint density at radius 1 is 1.18 bits per heavy atom. The van der Waals surface area contributed by atoms with Crippen LogP contribution in [-0.2, 0) is 11.2 Å². The van der Waals surface area contributed by atoms with Crippen molar-refractivity contribution in [2.75, 3.05) is 11.9 Å². The fourth-order valence-corrected chi connectivity index (χ4v) is 2.13. The van der Waals surface area contributed by atoms with Gasteiger partial charge in [0.25, 0.3) is 0 Å². The molecule has 0 radical (unpaired) electrons. The van der Waals surface area contributed by atoms with Crippen LogP contribution < -0.4 is 11.1 Å². The summed E-state index contributed by atoms with van der Waals surface area (Å²) in [5, 5.41) is 20.8. The van der Waals surface area contributed by atoms with Crippen molar-refractivity contribution in [3.63, 3.8) is 0 Å². The summed E-state index contributed by atoms with van der Waals surface area (Å²) in [4.78, 5) is 11.7. The number of carbonyl (C=O) groups is 1. The number of amides is 1. The average molecular weight is 295 g/mol. The largest absolute Gasteiger partial charge is 0.396 e. The van der Waals surface area contributed by atoms with Gasteiger partial charge in [0, 0.05) is 12.3 Å². The van der Waals surface area contributed by atoms with Gasteiger partial charge in [-0.15, -0.1) is 0 Å². The zero-order valence-electron chi connectivity index (χ0n) is 12.0. The van der Waals surface area contributed by atoms with Gasteiger partial charge in [-0.25, -0.2) is 0 Å². The molecule has 2 aromatic carbocycles. The predicted molar refractivity (Wildman–Crippen MR) is 83.9 cm³/mol. The van der Waals surface area contributed by atoms with Crippen molar-refractivity contribution >= 4 is 11.6 Å². The number of hydrogen-bond donors (Lipinski definition) is 3. The number of anilines is 1. The molecule has 0 saturated carbocycles. The lowest BCUT2D eigenvalue weighted by atomic mass is 10.0. The maximum absolute atomic E-state index is 11.7.